The molecule has 0 amide bonds. The van der Waals surface area contributed by atoms with Gasteiger partial charge in [-0.2, -0.15) is 0 Å². The van der Waals surface area contributed by atoms with Crippen LogP contribution in [0.25, 0.3) is 100 Å². The quantitative estimate of drug-likeness (QED) is 0.170. The summed E-state index contributed by atoms with van der Waals surface area (Å²) in [6.07, 6.45) is 0. The topological polar surface area (TPSA) is 38.7 Å². The Bertz CT molecular complexity index is 3170. The molecule has 0 bridgehead atoms. The van der Waals surface area contributed by atoms with Crippen LogP contribution in [0.3, 0.4) is 0 Å². The first-order chi connectivity index (χ1) is 29.0. The van der Waals surface area contributed by atoms with Crippen LogP contribution in [-0.4, -0.2) is 15.0 Å². The van der Waals surface area contributed by atoms with Crippen molar-refractivity contribution in [1.29, 1.82) is 0 Å². The Kier molecular flexibility index (Phi) is 8.16. The molecule has 0 aliphatic heterocycles. The lowest BCUT2D eigenvalue weighted by Crippen LogP contribution is -2.14. The molecular weight excluding hydrogens is 715 g/mol. The summed E-state index contributed by atoms with van der Waals surface area (Å²) in [6, 6.07) is 71.3. The van der Waals surface area contributed by atoms with Crippen molar-refractivity contribution in [3.63, 3.8) is 0 Å². The van der Waals surface area contributed by atoms with E-state index in [0.717, 1.165) is 72.1 Å². The number of rotatable bonds is 6. The van der Waals surface area contributed by atoms with Gasteiger partial charge in [0.2, 0.25) is 0 Å². The standard InChI is InChI=1S/C56H39N3/c1-56(2)49-28-15-14-27-44(49)47-32-48-46(33-51(57-54(48)34-50(47)56)40-24-16-23-39(31-40)36-17-6-3-7-18-36)43-29-30-45(42-26-13-12-25-41(42)43)55-58-52(37-19-8-4-9-20-37)35-53(59-55)38-21-10-5-11-22-38/h3-35H,1-2H3. The van der Waals surface area contributed by atoms with Crippen molar-refractivity contribution in [2.45, 2.75) is 19.3 Å². The summed E-state index contributed by atoms with van der Waals surface area (Å²) in [6.45, 7) is 4.67. The van der Waals surface area contributed by atoms with Crippen molar-refractivity contribution < 1.29 is 0 Å². The lowest BCUT2D eigenvalue weighted by Gasteiger charge is -2.22. The molecule has 0 spiro atoms. The number of nitrogens with zero attached hydrogens (tertiary/aromatic N) is 3. The molecule has 3 nitrogen and oxygen atoms in total. The normalized spacial score (nSPS) is 12.7. The third-order valence-corrected chi connectivity index (χ3v) is 12.1. The van der Waals surface area contributed by atoms with E-state index in [1.807, 2.05) is 12.1 Å². The largest absolute Gasteiger partial charge is 0.248 e. The van der Waals surface area contributed by atoms with E-state index < -0.39 is 0 Å². The Hall–Kier alpha value is -7.49. The maximum absolute atomic E-state index is 5.47. The lowest BCUT2D eigenvalue weighted by atomic mass is 9.82. The van der Waals surface area contributed by atoms with Crippen LogP contribution in [0.15, 0.2) is 200 Å². The van der Waals surface area contributed by atoms with E-state index in [1.54, 1.807) is 0 Å². The van der Waals surface area contributed by atoms with E-state index in [-0.39, 0.29) is 5.41 Å². The fourth-order valence-corrected chi connectivity index (χ4v) is 9.09. The molecule has 278 valence electrons. The number of benzene rings is 8. The van der Waals surface area contributed by atoms with Crippen LogP contribution in [0.5, 0.6) is 0 Å². The summed E-state index contributed by atoms with van der Waals surface area (Å²) in [5, 5.41) is 3.36. The molecule has 11 rings (SSSR count). The second kappa shape index (κ2) is 13.9. The smallest absolute Gasteiger partial charge is 0.161 e. The van der Waals surface area contributed by atoms with E-state index in [4.69, 9.17) is 15.0 Å². The van der Waals surface area contributed by atoms with Gasteiger partial charge in [-0.1, -0.05) is 178 Å². The van der Waals surface area contributed by atoms with Crippen LogP contribution >= 0.6 is 0 Å². The van der Waals surface area contributed by atoms with Crippen LogP contribution in [-0.2, 0) is 5.41 Å². The lowest BCUT2D eigenvalue weighted by molar-refractivity contribution is 0.661. The van der Waals surface area contributed by atoms with Gasteiger partial charge in [0.05, 0.1) is 22.6 Å². The van der Waals surface area contributed by atoms with Crippen LogP contribution in [0.1, 0.15) is 25.0 Å². The Morgan fingerprint density at radius 3 is 1.54 bits per heavy atom. The molecular formula is C56H39N3. The predicted molar refractivity (Wildman–Crippen MR) is 245 cm³/mol. The highest BCUT2D eigenvalue weighted by molar-refractivity contribution is 6.10. The third-order valence-electron chi connectivity index (χ3n) is 12.1. The summed E-state index contributed by atoms with van der Waals surface area (Å²) in [5.74, 6) is 0.697. The number of hydrogen-bond acceptors (Lipinski definition) is 3. The summed E-state index contributed by atoms with van der Waals surface area (Å²) in [5.41, 5.74) is 17.6. The average molecular weight is 754 g/mol. The third kappa shape index (κ3) is 5.94. The molecule has 0 atom stereocenters. The zero-order valence-corrected chi connectivity index (χ0v) is 32.9. The van der Waals surface area contributed by atoms with Gasteiger partial charge in [0.25, 0.3) is 0 Å². The number of fused-ring (bicyclic) bond motifs is 5. The van der Waals surface area contributed by atoms with Gasteiger partial charge in [0.15, 0.2) is 5.82 Å². The van der Waals surface area contributed by atoms with Crippen molar-refractivity contribution in [2.75, 3.05) is 0 Å². The zero-order valence-electron chi connectivity index (χ0n) is 32.9. The fourth-order valence-electron chi connectivity index (χ4n) is 9.09. The minimum absolute atomic E-state index is 0.146. The molecule has 2 aromatic heterocycles. The van der Waals surface area contributed by atoms with Crippen molar-refractivity contribution in [3.8, 4) is 78.5 Å². The molecule has 1 aliphatic carbocycles. The first-order valence-corrected chi connectivity index (χ1v) is 20.3. The second-order valence-corrected chi connectivity index (χ2v) is 16.0. The summed E-state index contributed by atoms with van der Waals surface area (Å²) < 4.78 is 0. The van der Waals surface area contributed by atoms with Crippen LogP contribution in [0, 0.1) is 0 Å². The van der Waals surface area contributed by atoms with E-state index in [1.165, 1.54) is 33.4 Å². The Morgan fingerprint density at radius 1 is 0.305 bits per heavy atom. The maximum Gasteiger partial charge on any atom is 0.161 e. The first-order valence-electron chi connectivity index (χ1n) is 20.3. The first kappa shape index (κ1) is 34.7. The van der Waals surface area contributed by atoms with Gasteiger partial charge in [0.1, 0.15) is 0 Å². The molecule has 3 heteroatoms. The van der Waals surface area contributed by atoms with Crippen LogP contribution in [0.4, 0.5) is 0 Å². The van der Waals surface area contributed by atoms with E-state index in [9.17, 15) is 0 Å². The monoisotopic (exact) mass is 753 g/mol. The predicted octanol–water partition coefficient (Wildman–Crippen LogP) is 14.5. The minimum atomic E-state index is -0.146. The van der Waals surface area contributed by atoms with Crippen LogP contribution in [0.2, 0.25) is 0 Å². The Morgan fingerprint density at radius 2 is 0.847 bits per heavy atom. The van der Waals surface area contributed by atoms with Gasteiger partial charge in [0, 0.05) is 33.1 Å². The Labute approximate surface area is 344 Å². The van der Waals surface area contributed by atoms with E-state index >= 15 is 0 Å². The molecule has 0 saturated heterocycles. The van der Waals surface area contributed by atoms with Gasteiger partial charge in [-0.25, -0.2) is 15.0 Å². The zero-order chi connectivity index (χ0) is 39.5. The second-order valence-electron chi connectivity index (χ2n) is 16.0. The van der Waals surface area contributed by atoms with Crippen molar-refractivity contribution in [1.82, 2.24) is 15.0 Å². The van der Waals surface area contributed by atoms with Gasteiger partial charge in [-0.3, -0.25) is 0 Å². The van der Waals surface area contributed by atoms with Crippen LogP contribution < -0.4 is 0 Å². The number of hydrogen-bond donors (Lipinski definition) is 0. The Balaban J connectivity index is 1.15. The van der Waals surface area contributed by atoms with Crippen molar-refractivity contribution >= 4 is 21.7 Å². The van der Waals surface area contributed by atoms with Crippen molar-refractivity contribution in [2.24, 2.45) is 0 Å². The molecule has 2 heterocycles. The molecule has 8 aromatic carbocycles. The number of pyridine rings is 1. The highest BCUT2D eigenvalue weighted by Crippen LogP contribution is 2.51. The van der Waals surface area contributed by atoms with Gasteiger partial charge in [-0.05, 0) is 91.7 Å². The molecule has 0 N–H and O–H groups in total. The SMILES string of the molecule is CC1(C)c2ccccc2-c2cc3c(-c4ccc(-c5nc(-c6ccccc6)cc(-c6ccccc6)n5)c5ccccc45)cc(-c4cccc(-c5ccccc5)c4)nc3cc21. The highest BCUT2D eigenvalue weighted by atomic mass is 14.9. The van der Waals surface area contributed by atoms with Gasteiger partial charge < -0.3 is 0 Å². The van der Waals surface area contributed by atoms with E-state index in [0.29, 0.717) is 5.82 Å². The molecule has 0 saturated carbocycles. The molecule has 1 aliphatic rings. The van der Waals surface area contributed by atoms with Gasteiger partial charge >= 0.3 is 0 Å². The van der Waals surface area contributed by atoms with E-state index in [2.05, 4.69) is 202 Å². The molecule has 0 radical (unpaired) electrons. The molecule has 0 fully saturated rings. The molecule has 59 heavy (non-hydrogen) atoms. The average Bonchev–Trinajstić information content (AvgIpc) is 3.53. The maximum atomic E-state index is 5.47. The fraction of sp³-hybridized carbons (Fsp3) is 0.0536. The van der Waals surface area contributed by atoms with Gasteiger partial charge in [-0.15, -0.1) is 0 Å². The minimum Gasteiger partial charge on any atom is -0.248 e. The highest BCUT2D eigenvalue weighted by Gasteiger charge is 2.36. The summed E-state index contributed by atoms with van der Waals surface area (Å²) in [7, 11) is 0. The number of aromatic nitrogens is 3. The summed E-state index contributed by atoms with van der Waals surface area (Å²) >= 11 is 0. The van der Waals surface area contributed by atoms with Crippen molar-refractivity contribution in [3.05, 3.63) is 211 Å². The molecule has 0 unspecified atom stereocenters. The molecule has 10 aromatic rings. The summed E-state index contributed by atoms with van der Waals surface area (Å²) in [4.78, 5) is 16.0.